The summed E-state index contributed by atoms with van der Waals surface area (Å²) in [7, 11) is 0. The van der Waals surface area contributed by atoms with E-state index in [2.05, 4.69) is 5.32 Å². The van der Waals surface area contributed by atoms with Gasteiger partial charge in [-0.1, -0.05) is 0 Å². The molecule has 0 bridgehead atoms. The molecule has 1 fully saturated rings. The first-order valence-corrected chi connectivity index (χ1v) is 6.38. The second kappa shape index (κ2) is 7.63. The van der Waals surface area contributed by atoms with E-state index in [0.717, 1.165) is 45.3 Å². The van der Waals surface area contributed by atoms with Crippen LogP contribution in [-0.2, 0) is 4.79 Å². The second-order valence-corrected chi connectivity index (χ2v) is 4.49. The van der Waals surface area contributed by atoms with Gasteiger partial charge >= 0.3 is 0 Å². The van der Waals surface area contributed by atoms with Crippen molar-refractivity contribution in [2.75, 3.05) is 26.2 Å². The molecule has 0 aromatic rings. The van der Waals surface area contributed by atoms with E-state index in [1.807, 2.05) is 11.8 Å². The Hall–Kier alpha value is -0.610. The lowest BCUT2D eigenvalue weighted by atomic mass is 10.1. The average molecular weight is 228 g/mol. The molecule has 1 saturated heterocycles. The van der Waals surface area contributed by atoms with E-state index in [9.17, 15) is 4.79 Å². The van der Waals surface area contributed by atoms with E-state index < -0.39 is 0 Å². The summed E-state index contributed by atoms with van der Waals surface area (Å²) in [6, 6.07) is -0.0863. The van der Waals surface area contributed by atoms with Crippen LogP contribution in [0.4, 0.5) is 0 Å². The summed E-state index contributed by atoms with van der Waals surface area (Å²) in [6.45, 7) is 4.80. The van der Waals surface area contributed by atoms with Crippen LogP contribution in [0.1, 0.15) is 39.0 Å². The Morgan fingerprint density at radius 3 is 2.62 bits per heavy atom. The Balaban J connectivity index is 2.18. The van der Waals surface area contributed by atoms with Crippen molar-refractivity contribution in [2.45, 2.75) is 45.1 Å². The lowest BCUT2D eigenvalue weighted by Crippen LogP contribution is -2.47. The molecule has 1 aliphatic heterocycles. The number of unbranched alkanes of at least 4 members (excludes halogenated alkanes) is 1. The SMILES string of the molecule is CC(NCCCCO)C(=O)N1CCCCC1. The highest BCUT2D eigenvalue weighted by Crippen LogP contribution is 2.09. The topological polar surface area (TPSA) is 52.6 Å². The molecule has 0 radical (unpaired) electrons. The number of aliphatic hydroxyl groups is 1. The number of piperidine rings is 1. The highest BCUT2D eigenvalue weighted by Gasteiger charge is 2.21. The van der Waals surface area contributed by atoms with Crippen molar-refractivity contribution in [3.05, 3.63) is 0 Å². The van der Waals surface area contributed by atoms with Gasteiger partial charge in [-0.3, -0.25) is 4.79 Å². The minimum Gasteiger partial charge on any atom is -0.396 e. The lowest BCUT2D eigenvalue weighted by Gasteiger charge is -2.29. The first-order chi connectivity index (χ1) is 7.75. The molecule has 1 rings (SSSR count). The van der Waals surface area contributed by atoms with Crippen molar-refractivity contribution < 1.29 is 9.90 Å². The molecule has 0 spiro atoms. The molecular weight excluding hydrogens is 204 g/mol. The number of rotatable bonds is 6. The molecule has 1 atom stereocenters. The highest BCUT2D eigenvalue weighted by molar-refractivity contribution is 5.81. The van der Waals surface area contributed by atoms with E-state index >= 15 is 0 Å². The summed E-state index contributed by atoms with van der Waals surface area (Å²) >= 11 is 0. The van der Waals surface area contributed by atoms with Gasteiger partial charge in [0.05, 0.1) is 6.04 Å². The zero-order valence-corrected chi connectivity index (χ0v) is 10.2. The monoisotopic (exact) mass is 228 g/mol. The van der Waals surface area contributed by atoms with Gasteiger partial charge in [0.2, 0.25) is 5.91 Å². The first kappa shape index (κ1) is 13.5. The summed E-state index contributed by atoms with van der Waals surface area (Å²) in [6.07, 6.45) is 5.26. The van der Waals surface area contributed by atoms with Crippen molar-refractivity contribution in [1.29, 1.82) is 0 Å². The van der Waals surface area contributed by atoms with Crippen LogP contribution in [0.3, 0.4) is 0 Å². The number of hydrogen-bond donors (Lipinski definition) is 2. The zero-order valence-electron chi connectivity index (χ0n) is 10.2. The third kappa shape index (κ3) is 4.49. The van der Waals surface area contributed by atoms with Gasteiger partial charge in [0.25, 0.3) is 0 Å². The molecule has 0 aromatic carbocycles. The smallest absolute Gasteiger partial charge is 0.239 e. The van der Waals surface area contributed by atoms with Crippen molar-refractivity contribution in [3.8, 4) is 0 Å². The summed E-state index contributed by atoms with van der Waals surface area (Å²) in [4.78, 5) is 13.9. The summed E-state index contributed by atoms with van der Waals surface area (Å²) < 4.78 is 0. The number of carbonyl (C=O) groups excluding carboxylic acids is 1. The fourth-order valence-corrected chi connectivity index (χ4v) is 2.03. The fraction of sp³-hybridized carbons (Fsp3) is 0.917. The molecule has 0 aromatic heterocycles. The fourth-order valence-electron chi connectivity index (χ4n) is 2.03. The van der Waals surface area contributed by atoms with E-state index in [4.69, 9.17) is 5.11 Å². The maximum absolute atomic E-state index is 12.0. The number of likely N-dealkylation sites (tertiary alicyclic amines) is 1. The van der Waals surface area contributed by atoms with E-state index in [0.29, 0.717) is 0 Å². The molecule has 94 valence electrons. The predicted molar refractivity (Wildman–Crippen MR) is 64.2 cm³/mol. The molecule has 2 N–H and O–H groups in total. The quantitative estimate of drug-likeness (QED) is 0.660. The summed E-state index contributed by atoms with van der Waals surface area (Å²) in [5.41, 5.74) is 0. The van der Waals surface area contributed by atoms with Crippen molar-refractivity contribution in [1.82, 2.24) is 10.2 Å². The van der Waals surface area contributed by atoms with Crippen molar-refractivity contribution in [2.24, 2.45) is 0 Å². The van der Waals surface area contributed by atoms with Crippen LogP contribution in [0.2, 0.25) is 0 Å². The Morgan fingerprint density at radius 2 is 2.00 bits per heavy atom. The maximum atomic E-state index is 12.0. The minimum atomic E-state index is -0.0863. The summed E-state index contributed by atoms with van der Waals surface area (Å²) in [5.74, 6) is 0.226. The Kier molecular flexibility index (Phi) is 6.42. The number of aliphatic hydroxyl groups excluding tert-OH is 1. The van der Waals surface area contributed by atoms with Gasteiger partial charge in [0.1, 0.15) is 0 Å². The van der Waals surface area contributed by atoms with Gasteiger partial charge < -0.3 is 15.3 Å². The number of carbonyl (C=O) groups is 1. The molecule has 1 aliphatic rings. The molecule has 4 nitrogen and oxygen atoms in total. The molecule has 1 unspecified atom stereocenters. The number of nitrogens with one attached hydrogen (secondary N) is 1. The highest BCUT2D eigenvalue weighted by atomic mass is 16.2. The van der Waals surface area contributed by atoms with E-state index in [-0.39, 0.29) is 18.6 Å². The van der Waals surface area contributed by atoms with E-state index in [1.54, 1.807) is 0 Å². The summed E-state index contributed by atoms with van der Waals surface area (Å²) in [5, 5.41) is 11.9. The lowest BCUT2D eigenvalue weighted by molar-refractivity contribution is -0.133. The molecule has 16 heavy (non-hydrogen) atoms. The molecule has 1 heterocycles. The number of nitrogens with zero attached hydrogens (tertiary/aromatic N) is 1. The second-order valence-electron chi connectivity index (χ2n) is 4.49. The molecule has 0 saturated carbocycles. The standard InChI is InChI=1S/C12H24N2O2/c1-11(13-7-3-6-10-15)12(16)14-8-4-2-5-9-14/h11,13,15H,2-10H2,1H3. The number of hydrogen-bond acceptors (Lipinski definition) is 3. The Morgan fingerprint density at radius 1 is 1.31 bits per heavy atom. The largest absolute Gasteiger partial charge is 0.396 e. The third-order valence-electron chi connectivity index (χ3n) is 3.07. The number of amides is 1. The van der Waals surface area contributed by atoms with Gasteiger partial charge in [0.15, 0.2) is 0 Å². The molecule has 0 aliphatic carbocycles. The van der Waals surface area contributed by atoms with Gasteiger partial charge in [0, 0.05) is 19.7 Å². The van der Waals surface area contributed by atoms with Crippen LogP contribution in [0.15, 0.2) is 0 Å². The molecule has 1 amide bonds. The van der Waals surface area contributed by atoms with Gasteiger partial charge in [-0.2, -0.15) is 0 Å². The Bertz CT molecular complexity index is 203. The first-order valence-electron chi connectivity index (χ1n) is 6.38. The third-order valence-corrected chi connectivity index (χ3v) is 3.07. The predicted octanol–water partition coefficient (Wildman–Crippen LogP) is 0.749. The van der Waals surface area contributed by atoms with Crippen LogP contribution in [0, 0.1) is 0 Å². The molecule has 4 heteroatoms. The Labute approximate surface area is 98.0 Å². The van der Waals surface area contributed by atoms with Crippen LogP contribution in [0.25, 0.3) is 0 Å². The van der Waals surface area contributed by atoms with Crippen molar-refractivity contribution in [3.63, 3.8) is 0 Å². The minimum absolute atomic E-state index is 0.0863. The van der Waals surface area contributed by atoms with Gasteiger partial charge in [-0.05, 0) is 45.6 Å². The average Bonchev–Trinajstić information content (AvgIpc) is 2.34. The van der Waals surface area contributed by atoms with Gasteiger partial charge in [-0.25, -0.2) is 0 Å². The zero-order chi connectivity index (χ0) is 11.8. The normalized spacial score (nSPS) is 18.5. The molecular formula is C12H24N2O2. The van der Waals surface area contributed by atoms with Crippen LogP contribution in [0.5, 0.6) is 0 Å². The van der Waals surface area contributed by atoms with Crippen molar-refractivity contribution >= 4 is 5.91 Å². The van der Waals surface area contributed by atoms with Crippen LogP contribution in [-0.4, -0.2) is 48.2 Å². The van der Waals surface area contributed by atoms with Crippen LogP contribution >= 0.6 is 0 Å². The van der Waals surface area contributed by atoms with E-state index in [1.165, 1.54) is 6.42 Å². The van der Waals surface area contributed by atoms with Crippen LogP contribution < -0.4 is 5.32 Å². The van der Waals surface area contributed by atoms with Gasteiger partial charge in [-0.15, -0.1) is 0 Å². The maximum Gasteiger partial charge on any atom is 0.239 e.